The molecule has 0 atom stereocenters. The van der Waals surface area contributed by atoms with E-state index >= 15 is 0 Å². The van der Waals surface area contributed by atoms with Gasteiger partial charge >= 0.3 is 0 Å². The average molecular weight is 210 g/mol. The van der Waals surface area contributed by atoms with Gasteiger partial charge in [-0.2, -0.15) is 0 Å². The highest BCUT2D eigenvalue weighted by atomic mass is 15.0. The summed E-state index contributed by atoms with van der Waals surface area (Å²) in [7, 11) is 0. The SMILES string of the molecule is C(CNCCNC1CCCC1)CC1CC1. The quantitative estimate of drug-likeness (QED) is 0.601. The van der Waals surface area contributed by atoms with Crippen molar-refractivity contribution in [2.75, 3.05) is 19.6 Å². The van der Waals surface area contributed by atoms with Crippen molar-refractivity contribution >= 4 is 0 Å². The van der Waals surface area contributed by atoms with Gasteiger partial charge in [0.2, 0.25) is 0 Å². The lowest BCUT2D eigenvalue weighted by atomic mass is 10.2. The zero-order valence-corrected chi connectivity index (χ0v) is 9.93. The van der Waals surface area contributed by atoms with Gasteiger partial charge in [0.15, 0.2) is 0 Å². The first-order valence-corrected chi connectivity index (χ1v) is 6.89. The summed E-state index contributed by atoms with van der Waals surface area (Å²) in [4.78, 5) is 0. The first-order chi connectivity index (χ1) is 7.45. The standard InChI is InChI=1S/C13H26N2/c1-2-6-13(5-1)15-11-10-14-9-3-4-12-7-8-12/h12-15H,1-11H2. The summed E-state index contributed by atoms with van der Waals surface area (Å²) in [6.07, 6.45) is 11.5. The van der Waals surface area contributed by atoms with Crippen LogP contribution in [0.4, 0.5) is 0 Å². The van der Waals surface area contributed by atoms with Crippen LogP contribution in [0.15, 0.2) is 0 Å². The smallest absolute Gasteiger partial charge is 0.00793 e. The van der Waals surface area contributed by atoms with Crippen LogP contribution < -0.4 is 10.6 Å². The molecule has 2 aliphatic carbocycles. The third kappa shape index (κ3) is 4.98. The van der Waals surface area contributed by atoms with E-state index in [2.05, 4.69) is 10.6 Å². The minimum Gasteiger partial charge on any atom is -0.315 e. The maximum atomic E-state index is 3.63. The van der Waals surface area contributed by atoms with Crippen LogP contribution in [-0.2, 0) is 0 Å². The first-order valence-electron chi connectivity index (χ1n) is 6.89. The monoisotopic (exact) mass is 210 g/mol. The van der Waals surface area contributed by atoms with Crippen molar-refractivity contribution in [2.45, 2.75) is 57.4 Å². The predicted octanol–water partition coefficient (Wildman–Crippen LogP) is 2.30. The fourth-order valence-electron chi connectivity index (χ4n) is 2.54. The number of hydrogen-bond acceptors (Lipinski definition) is 2. The molecule has 0 aromatic carbocycles. The fourth-order valence-corrected chi connectivity index (χ4v) is 2.54. The second-order valence-corrected chi connectivity index (χ2v) is 5.27. The molecule has 88 valence electrons. The van der Waals surface area contributed by atoms with Crippen LogP contribution in [0.5, 0.6) is 0 Å². The van der Waals surface area contributed by atoms with Crippen molar-refractivity contribution in [3.63, 3.8) is 0 Å². The Morgan fingerprint density at radius 2 is 1.67 bits per heavy atom. The molecule has 0 radical (unpaired) electrons. The van der Waals surface area contributed by atoms with Gasteiger partial charge in [-0.1, -0.05) is 25.7 Å². The molecule has 2 N–H and O–H groups in total. The summed E-state index contributed by atoms with van der Waals surface area (Å²) >= 11 is 0. The minimum atomic E-state index is 0.832. The van der Waals surface area contributed by atoms with Gasteiger partial charge in [0.1, 0.15) is 0 Å². The minimum absolute atomic E-state index is 0.832. The van der Waals surface area contributed by atoms with Gasteiger partial charge in [-0.25, -0.2) is 0 Å². The Kier molecular flexibility index (Phi) is 4.94. The van der Waals surface area contributed by atoms with Gasteiger partial charge in [-0.3, -0.25) is 0 Å². The van der Waals surface area contributed by atoms with Gasteiger partial charge in [-0.15, -0.1) is 0 Å². The number of rotatable bonds is 8. The number of nitrogens with one attached hydrogen (secondary N) is 2. The van der Waals surface area contributed by atoms with Gasteiger partial charge in [-0.05, 0) is 38.1 Å². The van der Waals surface area contributed by atoms with E-state index in [0.717, 1.165) is 25.0 Å². The van der Waals surface area contributed by atoms with E-state index in [4.69, 9.17) is 0 Å². The molecule has 0 unspecified atom stereocenters. The van der Waals surface area contributed by atoms with Crippen molar-refractivity contribution in [3.8, 4) is 0 Å². The van der Waals surface area contributed by atoms with E-state index in [1.807, 2.05) is 0 Å². The molecule has 15 heavy (non-hydrogen) atoms. The lowest BCUT2D eigenvalue weighted by molar-refractivity contribution is 0.502. The second-order valence-electron chi connectivity index (χ2n) is 5.27. The van der Waals surface area contributed by atoms with E-state index in [1.165, 1.54) is 57.9 Å². The third-order valence-electron chi connectivity index (χ3n) is 3.75. The van der Waals surface area contributed by atoms with Crippen molar-refractivity contribution in [1.29, 1.82) is 0 Å². The highest BCUT2D eigenvalue weighted by Gasteiger charge is 2.19. The van der Waals surface area contributed by atoms with Crippen molar-refractivity contribution in [1.82, 2.24) is 10.6 Å². The molecule has 0 saturated heterocycles. The van der Waals surface area contributed by atoms with Crippen LogP contribution in [0.3, 0.4) is 0 Å². The van der Waals surface area contributed by atoms with Crippen molar-refractivity contribution in [3.05, 3.63) is 0 Å². The van der Waals surface area contributed by atoms with E-state index < -0.39 is 0 Å². The summed E-state index contributed by atoms with van der Waals surface area (Å²) in [5.74, 6) is 1.10. The highest BCUT2D eigenvalue weighted by molar-refractivity contribution is 4.74. The highest BCUT2D eigenvalue weighted by Crippen LogP contribution is 2.33. The fraction of sp³-hybridized carbons (Fsp3) is 1.00. The average Bonchev–Trinajstić information content (AvgIpc) is 2.92. The van der Waals surface area contributed by atoms with Crippen LogP contribution in [0.1, 0.15) is 51.4 Å². The summed E-state index contributed by atoms with van der Waals surface area (Å²) in [5, 5.41) is 7.16. The molecule has 0 spiro atoms. The largest absolute Gasteiger partial charge is 0.315 e. The summed E-state index contributed by atoms with van der Waals surface area (Å²) < 4.78 is 0. The van der Waals surface area contributed by atoms with Gasteiger partial charge in [0.25, 0.3) is 0 Å². The molecule has 2 heteroatoms. The Morgan fingerprint density at radius 3 is 2.40 bits per heavy atom. The third-order valence-corrected chi connectivity index (χ3v) is 3.75. The Balaban J connectivity index is 1.32. The van der Waals surface area contributed by atoms with Crippen LogP contribution in [0.25, 0.3) is 0 Å². The summed E-state index contributed by atoms with van der Waals surface area (Å²) in [6, 6.07) is 0.832. The van der Waals surface area contributed by atoms with E-state index in [9.17, 15) is 0 Å². The van der Waals surface area contributed by atoms with Gasteiger partial charge < -0.3 is 10.6 Å². The molecule has 0 heterocycles. The van der Waals surface area contributed by atoms with E-state index in [0.29, 0.717) is 0 Å². The van der Waals surface area contributed by atoms with Crippen LogP contribution >= 0.6 is 0 Å². The summed E-state index contributed by atoms with van der Waals surface area (Å²) in [6.45, 7) is 3.54. The molecule has 2 nitrogen and oxygen atoms in total. The molecule has 0 amide bonds. The Hall–Kier alpha value is -0.0800. The molecular weight excluding hydrogens is 184 g/mol. The van der Waals surface area contributed by atoms with Gasteiger partial charge in [0.05, 0.1) is 0 Å². The zero-order valence-electron chi connectivity index (χ0n) is 9.93. The molecule has 2 aliphatic rings. The van der Waals surface area contributed by atoms with Gasteiger partial charge in [0, 0.05) is 19.1 Å². The molecule has 0 aromatic heterocycles. The number of hydrogen-bond donors (Lipinski definition) is 2. The normalized spacial score (nSPS) is 22.4. The molecular formula is C13H26N2. The lowest BCUT2D eigenvalue weighted by Crippen LogP contribution is -2.33. The molecule has 2 saturated carbocycles. The maximum Gasteiger partial charge on any atom is 0.00793 e. The molecule has 0 bridgehead atoms. The zero-order chi connectivity index (χ0) is 10.3. The Morgan fingerprint density at radius 1 is 0.867 bits per heavy atom. The lowest BCUT2D eigenvalue weighted by Gasteiger charge is -2.11. The van der Waals surface area contributed by atoms with Crippen LogP contribution in [0, 0.1) is 5.92 Å². The maximum absolute atomic E-state index is 3.63. The molecule has 2 rings (SSSR count). The van der Waals surface area contributed by atoms with Crippen LogP contribution in [0.2, 0.25) is 0 Å². The van der Waals surface area contributed by atoms with Crippen molar-refractivity contribution in [2.24, 2.45) is 5.92 Å². The summed E-state index contributed by atoms with van der Waals surface area (Å²) in [5.41, 5.74) is 0. The second kappa shape index (κ2) is 6.49. The molecule has 0 aliphatic heterocycles. The van der Waals surface area contributed by atoms with E-state index in [-0.39, 0.29) is 0 Å². The molecule has 0 aromatic rings. The predicted molar refractivity (Wildman–Crippen MR) is 65.1 cm³/mol. The Bertz CT molecular complexity index is 160. The first kappa shape index (κ1) is 11.4. The van der Waals surface area contributed by atoms with Crippen LogP contribution in [-0.4, -0.2) is 25.7 Å². The van der Waals surface area contributed by atoms with E-state index in [1.54, 1.807) is 0 Å². The van der Waals surface area contributed by atoms with Crippen molar-refractivity contribution < 1.29 is 0 Å². The molecule has 2 fully saturated rings. The Labute approximate surface area is 94.2 Å². The topological polar surface area (TPSA) is 24.1 Å².